The lowest BCUT2D eigenvalue weighted by Crippen LogP contribution is -2.35. The van der Waals surface area contributed by atoms with Gasteiger partial charge in [0.25, 0.3) is 0 Å². The van der Waals surface area contributed by atoms with Crippen molar-refractivity contribution in [1.29, 1.82) is 0 Å². The Hall–Kier alpha value is -2.15. The standard InChI is InChI=1S/C30H54N4O3/c1-23(2)13-14-26-21-34(22-28(35)27(26)20-24(3)4)19-11-8-12-25(5)30(37)33-18-15-29(36)32-17-10-7-6-9-16-31/h21-25H,6-20,31H2,1-5H3,(H2-,32,33,35,36,37)/p+1. The second-order valence-electron chi connectivity index (χ2n) is 11.4. The Morgan fingerprint density at radius 2 is 1.62 bits per heavy atom. The van der Waals surface area contributed by atoms with E-state index < -0.39 is 0 Å². The van der Waals surface area contributed by atoms with Crippen LogP contribution in [0.4, 0.5) is 0 Å². The van der Waals surface area contributed by atoms with Crippen molar-refractivity contribution in [2.24, 2.45) is 23.5 Å². The third-order valence-electron chi connectivity index (χ3n) is 6.77. The third-order valence-corrected chi connectivity index (χ3v) is 6.77. The number of aryl methyl sites for hydroxylation is 2. The number of aromatic nitrogens is 1. The number of unbranched alkanes of at least 4 members (excludes halogenated alkanes) is 4. The van der Waals surface area contributed by atoms with Gasteiger partial charge in [0.05, 0.1) is 0 Å². The zero-order valence-electron chi connectivity index (χ0n) is 24.3. The Balaban J connectivity index is 2.36. The summed E-state index contributed by atoms with van der Waals surface area (Å²) in [5.41, 5.74) is 7.83. The van der Waals surface area contributed by atoms with Crippen LogP contribution >= 0.6 is 0 Å². The molecule has 2 amide bonds. The molecule has 1 heterocycles. The topological polar surface area (TPSA) is 108 Å². The molecule has 5 N–H and O–H groups in total. The van der Waals surface area contributed by atoms with Crippen molar-refractivity contribution in [1.82, 2.24) is 10.6 Å². The van der Waals surface area contributed by atoms with E-state index in [2.05, 4.69) is 49.1 Å². The minimum atomic E-state index is -0.0842. The summed E-state index contributed by atoms with van der Waals surface area (Å²) in [6.45, 7) is 13.4. The van der Waals surface area contributed by atoms with Crippen molar-refractivity contribution in [3.05, 3.63) is 23.5 Å². The molecule has 0 radical (unpaired) electrons. The predicted octanol–water partition coefficient (Wildman–Crippen LogP) is 4.41. The Kier molecular flexibility index (Phi) is 16.9. The highest BCUT2D eigenvalue weighted by Crippen LogP contribution is 2.24. The minimum Gasteiger partial charge on any atom is -0.503 e. The van der Waals surface area contributed by atoms with Gasteiger partial charge in [-0.3, -0.25) is 9.59 Å². The molecule has 0 bridgehead atoms. The zero-order valence-corrected chi connectivity index (χ0v) is 24.3. The first-order valence-corrected chi connectivity index (χ1v) is 14.6. The van der Waals surface area contributed by atoms with Crippen LogP contribution in [-0.2, 0) is 29.0 Å². The lowest BCUT2D eigenvalue weighted by molar-refractivity contribution is -0.698. The van der Waals surface area contributed by atoms with Crippen LogP contribution in [-0.4, -0.2) is 36.6 Å². The second-order valence-corrected chi connectivity index (χ2v) is 11.4. The Morgan fingerprint density at radius 3 is 2.30 bits per heavy atom. The number of aromatic hydroxyl groups is 1. The van der Waals surface area contributed by atoms with Crippen LogP contribution in [0.15, 0.2) is 12.4 Å². The summed E-state index contributed by atoms with van der Waals surface area (Å²) < 4.78 is 2.11. The van der Waals surface area contributed by atoms with Crippen LogP contribution in [0.2, 0.25) is 0 Å². The molecule has 0 aromatic carbocycles. The lowest BCUT2D eigenvalue weighted by Gasteiger charge is -2.14. The molecule has 0 fully saturated rings. The summed E-state index contributed by atoms with van der Waals surface area (Å²) >= 11 is 0. The third kappa shape index (κ3) is 15.0. The number of carbonyl (C=O) groups is 2. The number of nitrogens with two attached hydrogens (primary N) is 1. The maximum absolute atomic E-state index is 12.4. The van der Waals surface area contributed by atoms with Crippen molar-refractivity contribution in [2.75, 3.05) is 19.6 Å². The van der Waals surface area contributed by atoms with Gasteiger partial charge in [0, 0.05) is 43.0 Å². The van der Waals surface area contributed by atoms with Crippen molar-refractivity contribution in [2.45, 2.75) is 112 Å². The lowest BCUT2D eigenvalue weighted by atomic mass is 9.94. The number of hydrogen-bond donors (Lipinski definition) is 4. The predicted molar refractivity (Wildman–Crippen MR) is 151 cm³/mol. The fourth-order valence-corrected chi connectivity index (χ4v) is 4.44. The Morgan fingerprint density at radius 1 is 0.892 bits per heavy atom. The van der Waals surface area contributed by atoms with Crippen molar-refractivity contribution in [3.8, 4) is 5.75 Å². The summed E-state index contributed by atoms with van der Waals surface area (Å²) in [6, 6.07) is 0. The molecule has 1 aromatic heterocycles. The number of carbonyl (C=O) groups excluding carboxylic acids is 2. The largest absolute Gasteiger partial charge is 0.503 e. The highest BCUT2D eigenvalue weighted by Gasteiger charge is 2.18. The Bertz CT molecular complexity index is 795. The number of amides is 2. The van der Waals surface area contributed by atoms with E-state index >= 15 is 0 Å². The first-order chi connectivity index (χ1) is 17.6. The summed E-state index contributed by atoms with van der Waals surface area (Å²) in [4.78, 5) is 24.3. The molecule has 1 atom stereocenters. The summed E-state index contributed by atoms with van der Waals surface area (Å²) in [5.74, 6) is 1.44. The number of rotatable bonds is 20. The molecule has 37 heavy (non-hydrogen) atoms. The Labute approximate surface area is 226 Å². The molecule has 7 heteroatoms. The van der Waals surface area contributed by atoms with Crippen molar-refractivity contribution in [3.63, 3.8) is 0 Å². The van der Waals surface area contributed by atoms with E-state index in [-0.39, 0.29) is 17.7 Å². The molecule has 0 aliphatic carbocycles. The minimum absolute atomic E-state index is 0.00823. The second kappa shape index (κ2) is 19.0. The molecular formula is C30H55N4O3+. The first-order valence-electron chi connectivity index (χ1n) is 14.6. The van der Waals surface area contributed by atoms with E-state index in [1.54, 1.807) is 0 Å². The van der Waals surface area contributed by atoms with Gasteiger partial charge in [-0.05, 0) is 63.3 Å². The molecule has 1 unspecified atom stereocenters. The summed E-state index contributed by atoms with van der Waals surface area (Å²) in [7, 11) is 0. The molecule has 212 valence electrons. The SMILES string of the molecule is CC(C)CCc1c[n+](CCCCC(C)C(=O)NCCC(=O)NCCCCCCN)cc(O)c1CC(C)C. The highest BCUT2D eigenvalue weighted by atomic mass is 16.3. The number of pyridine rings is 1. The monoisotopic (exact) mass is 519 g/mol. The van der Waals surface area contributed by atoms with Gasteiger partial charge >= 0.3 is 0 Å². The maximum atomic E-state index is 12.4. The van der Waals surface area contributed by atoms with Crippen molar-refractivity contribution >= 4 is 11.8 Å². The maximum Gasteiger partial charge on any atom is 0.222 e. The van der Waals surface area contributed by atoms with Crippen LogP contribution in [0.1, 0.15) is 104 Å². The smallest absolute Gasteiger partial charge is 0.222 e. The van der Waals surface area contributed by atoms with Gasteiger partial charge in [0.1, 0.15) is 6.54 Å². The van der Waals surface area contributed by atoms with Gasteiger partial charge in [0.2, 0.25) is 18.0 Å². The van der Waals surface area contributed by atoms with Crippen LogP contribution in [0, 0.1) is 17.8 Å². The van der Waals surface area contributed by atoms with Gasteiger partial charge in [-0.15, -0.1) is 0 Å². The van der Waals surface area contributed by atoms with E-state index in [4.69, 9.17) is 5.73 Å². The average Bonchev–Trinajstić information content (AvgIpc) is 2.83. The van der Waals surface area contributed by atoms with Crippen LogP contribution in [0.3, 0.4) is 0 Å². The van der Waals surface area contributed by atoms with E-state index in [1.165, 1.54) is 5.56 Å². The molecule has 1 aromatic rings. The fourth-order valence-electron chi connectivity index (χ4n) is 4.44. The van der Waals surface area contributed by atoms with Gasteiger partial charge in [0.15, 0.2) is 11.9 Å². The zero-order chi connectivity index (χ0) is 27.6. The normalized spacial score (nSPS) is 12.2. The fraction of sp³-hybridized carbons (Fsp3) is 0.767. The molecule has 0 saturated heterocycles. The van der Waals surface area contributed by atoms with Crippen molar-refractivity contribution < 1.29 is 19.3 Å². The van der Waals surface area contributed by atoms with Gasteiger partial charge in [-0.1, -0.05) is 47.5 Å². The molecule has 7 nitrogen and oxygen atoms in total. The number of hydrogen-bond acceptors (Lipinski definition) is 4. The van der Waals surface area contributed by atoms with E-state index in [0.29, 0.717) is 37.1 Å². The average molecular weight is 520 g/mol. The van der Waals surface area contributed by atoms with Gasteiger partial charge in [-0.2, -0.15) is 0 Å². The van der Waals surface area contributed by atoms with Gasteiger partial charge < -0.3 is 21.5 Å². The molecule has 0 aliphatic heterocycles. The number of nitrogens with one attached hydrogen (secondary N) is 2. The van der Waals surface area contributed by atoms with E-state index in [0.717, 1.165) is 82.9 Å². The molecule has 1 rings (SSSR count). The summed E-state index contributed by atoms with van der Waals surface area (Å²) in [6.07, 6.45) is 14.2. The molecular weight excluding hydrogens is 464 g/mol. The van der Waals surface area contributed by atoms with Crippen LogP contribution in [0.5, 0.6) is 5.75 Å². The van der Waals surface area contributed by atoms with Crippen LogP contribution in [0.25, 0.3) is 0 Å². The highest BCUT2D eigenvalue weighted by molar-refractivity contribution is 5.80. The number of nitrogens with zero attached hydrogens (tertiary/aromatic N) is 1. The quantitative estimate of drug-likeness (QED) is 0.151. The van der Waals surface area contributed by atoms with Gasteiger partial charge in [-0.25, -0.2) is 4.57 Å². The van der Waals surface area contributed by atoms with Crippen LogP contribution < -0.4 is 20.9 Å². The molecule has 0 saturated carbocycles. The molecule has 0 spiro atoms. The summed E-state index contributed by atoms with van der Waals surface area (Å²) in [5, 5.41) is 16.5. The van der Waals surface area contributed by atoms with E-state index in [9.17, 15) is 14.7 Å². The van der Waals surface area contributed by atoms with E-state index in [1.807, 2.05) is 13.1 Å². The first kappa shape index (κ1) is 32.9. The molecule has 0 aliphatic rings.